The van der Waals surface area contributed by atoms with E-state index in [4.69, 9.17) is 14.2 Å². The second-order valence-electron chi connectivity index (χ2n) is 6.68. The molecule has 3 fully saturated rings. The Hall–Kier alpha value is -0.650. The third kappa shape index (κ3) is 3.76. The van der Waals surface area contributed by atoms with Crippen molar-refractivity contribution in [3.8, 4) is 0 Å². The standard InChI is InChI=1S/C16H27NO4/c1-19-15(18)16(17-12-6-7-12)8-2-4-13(10-16)21-11-14-5-3-9-20-14/h12-14,17H,2-11H2,1H3. The molecule has 3 unspecified atom stereocenters. The molecule has 0 aromatic carbocycles. The molecule has 1 aliphatic heterocycles. The van der Waals surface area contributed by atoms with Crippen LogP contribution in [0.4, 0.5) is 0 Å². The quantitative estimate of drug-likeness (QED) is 0.758. The van der Waals surface area contributed by atoms with Crippen LogP contribution in [0, 0.1) is 0 Å². The van der Waals surface area contributed by atoms with Gasteiger partial charge in [-0.15, -0.1) is 0 Å². The van der Waals surface area contributed by atoms with Gasteiger partial charge in [0, 0.05) is 19.1 Å². The fourth-order valence-electron chi connectivity index (χ4n) is 3.57. The molecule has 3 rings (SSSR count). The van der Waals surface area contributed by atoms with Gasteiger partial charge in [0.15, 0.2) is 0 Å². The molecule has 2 saturated carbocycles. The van der Waals surface area contributed by atoms with E-state index in [1.807, 2.05) is 0 Å². The van der Waals surface area contributed by atoms with Gasteiger partial charge in [0.05, 0.1) is 25.9 Å². The third-order valence-corrected chi connectivity index (χ3v) is 4.88. The van der Waals surface area contributed by atoms with Crippen LogP contribution in [0.15, 0.2) is 0 Å². The first-order chi connectivity index (χ1) is 10.2. The van der Waals surface area contributed by atoms with Crippen LogP contribution in [0.1, 0.15) is 51.4 Å². The Morgan fingerprint density at radius 3 is 2.81 bits per heavy atom. The molecule has 0 amide bonds. The van der Waals surface area contributed by atoms with Gasteiger partial charge in [0.1, 0.15) is 5.54 Å². The second kappa shape index (κ2) is 6.63. The Kier molecular flexibility index (Phi) is 4.82. The zero-order valence-electron chi connectivity index (χ0n) is 12.9. The van der Waals surface area contributed by atoms with Gasteiger partial charge in [0.2, 0.25) is 0 Å². The SMILES string of the molecule is COC(=O)C1(NC2CC2)CCCC(OCC2CCCO2)C1. The summed E-state index contributed by atoms with van der Waals surface area (Å²) in [5.74, 6) is -0.125. The molecule has 5 nitrogen and oxygen atoms in total. The maximum Gasteiger partial charge on any atom is 0.326 e. The van der Waals surface area contributed by atoms with E-state index in [-0.39, 0.29) is 18.2 Å². The topological polar surface area (TPSA) is 56.8 Å². The number of carbonyl (C=O) groups excluding carboxylic acids is 1. The molecule has 3 atom stereocenters. The first-order valence-corrected chi connectivity index (χ1v) is 8.31. The molecular weight excluding hydrogens is 270 g/mol. The van der Waals surface area contributed by atoms with Gasteiger partial charge < -0.3 is 14.2 Å². The highest BCUT2D eigenvalue weighted by molar-refractivity contribution is 5.81. The van der Waals surface area contributed by atoms with E-state index in [0.29, 0.717) is 12.6 Å². The number of rotatable bonds is 6. The van der Waals surface area contributed by atoms with Crippen LogP contribution in [-0.4, -0.2) is 50.1 Å². The molecule has 120 valence electrons. The van der Waals surface area contributed by atoms with Gasteiger partial charge >= 0.3 is 5.97 Å². The number of hydrogen-bond donors (Lipinski definition) is 1. The van der Waals surface area contributed by atoms with Crippen molar-refractivity contribution in [2.24, 2.45) is 0 Å². The molecular formula is C16H27NO4. The van der Waals surface area contributed by atoms with Crippen molar-refractivity contribution in [2.45, 2.75) is 75.2 Å². The number of methoxy groups -OCH3 is 1. The minimum atomic E-state index is -0.532. The summed E-state index contributed by atoms with van der Waals surface area (Å²) in [5.41, 5.74) is -0.532. The van der Waals surface area contributed by atoms with Crippen LogP contribution in [0.3, 0.4) is 0 Å². The molecule has 3 aliphatic rings. The second-order valence-corrected chi connectivity index (χ2v) is 6.68. The Bertz CT molecular complexity index is 365. The molecule has 1 heterocycles. The smallest absolute Gasteiger partial charge is 0.326 e. The van der Waals surface area contributed by atoms with Crippen molar-refractivity contribution < 1.29 is 19.0 Å². The summed E-state index contributed by atoms with van der Waals surface area (Å²) in [4.78, 5) is 12.3. The summed E-state index contributed by atoms with van der Waals surface area (Å²) in [6.07, 6.45) is 8.55. The van der Waals surface area contributed by atoms with Gasteiger partial charge in [-0.25, -0.2) is 0 Å². The molecule has 0 spiro atoms. The maximum atomic E-state index is 12.3. The first kappa shape index (κ1) is 15.3. The summed E-state index contributed by atoms with van der Waals surface area (Å²) in [5, 5.41) is 3.53. The fraction of sp³-hybridized carbons (Fsp3) is 0.938. The van der Waals surface area contributed by atoms with Crippen molar-refractivity contribution in [3.05, 3.63) is 0 Å². The Morgan fingerprint density at radius 1 is 1.29 bits per heavy atom. The normalized spacial score (nSPS) is 36.6. The summed E-state index contributed by atoms with van der Waals surface area (Å²) in [6, 6.07) is 0.487. The minimum Gasteiger partial charge on any atom is -0.468 e. The van der Waals surface area contributed by atoms with Gasteiger partial charge in [-0.05, 0) is 44.9 Å². The number of esters is 1. The highest BCUT2D eigenvalue weighted by atomic mass is 16.5. The van der Waals surface area contributed by atoms with E-state index in [1.165, 1.54) is 20.0 Å². The van der Waals surface area contributed by atoms with Crippen LogP contribution in [0.25, 0.3) is 0 Å². The van der Waals surface area contributed by atoms with E-state index < -0.39 is 5.54 Å². The minimum absolute atomic E-state index is 0.125. The van der Waals surface area contributed by atoms with Crippen molar-refractivity contribution >= 4 is 5.97 Å². The van der Waals surface area contributed by atoms with E-state index in [0.717, 1.165) is 45.1 Å². The Morgan fingerprint density at radius 2 is 2.14 bits per heavy atom. The Labute approximate surface area is 126 Å². The molecule has 0 aromatic heterocycles. The highest BCUT2D eigenvalue weighted by Gasteiger charge is 2.47. The molecule has 1 saturated heterocycles. The van der Waals surface area contributed by atoms with Gasteiger partial charge in [-0.1, -0.05) is 0 Å². The van der Waals surface area contributed by atoms with Crippen LogP contribution in [-0.2, 0) is 19.0 Å². The molecule has 21 heavy (non-hydrogen) atoms. The summed E-state index contributed by atoms with van der Waals surface area (Å²) in [7, 11) is 1.48. The number of ether oxygens (including phenoxy) is 3. The van der Waals surface area contributed by atoms with Crippen molar-refractivity contribution in [2.75, 3.05) is 20.3 Å². The van der Waals surface area contributed by atoms with Crippen molar-refractivity contribution in [1.82, 2.24) is 5.32 Å². The van der Waals surface area contributed by atoms with Gasteiger partial charge in [-0.3, -0.25) is 10.1 Å². The van der Waals surface area contributed by atoms with Crippen LogP contribution in [0.2, 0.25) is 0 Å². The average Bonchev–Trinajstić information content (AvgIpc) is 3.16. The molecule has 2 aliphatic carbocycles. The lowest BCUT2D eigenvalue weighted by Crippen LogP contribution is -2.57. The molecule has 1 N–H and O–H groups in total. The van der Waals surface area contributed by atoms with Crippen LogP contribution >= 0.6 is 0 Å². The average molecular weight is 297 g/mol. The summed E-state index contributed by atoms with van der Waals surface area (Å²) < 4.78 is 16.7. The lowest BCUT2D eigenvalue weighted by Gasteiger charge is -2.39. The van der Waals surface area contributed by atoms with E-state index in [1.54, 1.807) is 0 Å². The zero-order valence-corrected chi connectivity index (χ0v) is 12.9. The first-order valence-electron chi connectivity index (χ1n) is 8.31. The van der Waals surface area contributed by atoms with E-state index in [9.17, 15) is 4.79 Å². The summed E-state index contributed by atoms with van der Waals surface area (Å²) >= 11 is 0. The lowest BCUT2D eigenvalue weighted by molar-refractivity contribution is -0.153. The predicted octanol–water partition coefficient (Wildman–Crippen LogP) is 1.79. The molecule has 0 radical (unpaired) electrons. The van der Waals surface area contributed by atoms with Gasteiger partial charge in [0.25, 0.3) is 0 Å². The fourth-order valence-corrected chi connectivity index (χ4v) is 3.57. The lowest BCUT2D eigenvalue weighted by atomic mass is 9.79. The zero-order chi connectivity index (χ0) is 14.7. The third-order valence-electron chi connectivity index (χ3n) is 4.88. The van der Waals surface area contributed by atoms with Crippen molar-refractivity contribution in [1.29, 1.82) is 0 Å². The maximum absolute atomic E-state index is 12.3. The number of hydrogen-bond acceptors (Lipinski definition) is 5. The number of carbonyl (C=O) groups is 1. The number of nitrogens with one attached hydrogen (secondary N) is 1. The highest BCUT2D eigenvalue weighted by Crippen LogP contribution is 2.35. The van der Waals surface area contributed by atoms with E-state index in [2.05, 4.69) is 5.32 Å². The van der Waals surface area contributed by atoms with E-state index >= 15 is 0 Å². The Balaban J connectivity index is 1.56. The summed E-state index contributed by atoms with van der Waals surface area (Å²) in [6.45, 7) is 1.51. The van der Waals surface area contributed by atoms with Gasteiger partial charge in [-0.2, -0.15) is 0 Å². The van der Waals surface area contributed by atoms with Crippen LogP contribution in [0.5, 0.6) is 0 Å². The molecule has 0 aromatic rings. The van der Waals surface area contributed by atoms with Crippen LogP contribution < -0.4 is 5.32 Å². The molecule has 0 bridgehead atoms. The monoisotopic (exact) mass is 297 g/mol. The molecule has 5 heteroatoms. The predicted molar refractivity (Wildman–Crippen MR) is 78.1 cm³/mol. The van der Waals surface area contributed by atoms with Crippen molar-refractivity contribution in [3.63, 3.8) is 0 Å². The largest absolute Gasteiger partial charge is 0.468 e.